The van der Waals surface area contributed by atoms with Gasteiger partial charge >= 0.3 is 0 Å². The number of amides is 1. The van der Waals surface area contributed by atoms with Gasteiger partial charge in [-0.1, -0.05) is 28.1 Å². The third-order valence-corrected chi connectivity index (χ3v) is 3.56. The molecule has 0 spiro atoms. The van der Waals surface area contributed by atoms with Crippen molar-refractivity contribution in [1.29, 1.82) is 0 Å². The van der Waals surface area contributed by atoms with E-state index in [0.29, 0.717) is 12.2 Å². The summed E-state index contributed by atoms with van der Waals surface area (Å²) in [6.07, 6.45) is 6.16. The highest BCUT2D eigenvalue weighted by molar-refractivity contribution is 9.10. The number of rotatable bonds is 4. The smallest absolute Gasteiger partial charge is 0.278 e. The molecule has 0 saturated carbocycles. The predicted octanol–water partition coefficient (Wildman–Crippen LogP) is 2.32. The van der Waals surface area contributed by atoms with Crippen LogP contribution in [0.2, 0.25) is 0 Å². The molecule has 1 aromatic carbocycles. The first-order valence-electron chi connectivity index (χ1n) is 6.76. The van der Waals surface area contributed by atoms with E-state index in [1.165, 1.54) is 12.4 Å². The molecule has 3 N–H and O–H groups in total. The summed E-state index contributed by atoms with van der Waals surface area (Å²) in [5.41, 5.74) is 7.39. The normalized spacial score (nSPS) is 10.5. The first-order valence-corrected chi connectivity index (χ1v) is 7.56. The number of anilines is 2. The van der Waals surface area contributed by atoms with Crippen LogP contribution in [-0.2, 0) is 6.54 Å². The molecular formula is C15H13BrN6O. The minimum absolute atomic E-state index is 0.0894. The van der Waals surface area contributed by atoms with Gasteiger partial charge in [-0.25, -0.2) is 9.97 Å². The average Bonchev–Trinajstić information content (AvgIpc) is 2.94. The van der Waals surface area contributed by atoms with E-state index in [9.17, 15) is 4.79 Å². The van der Waals surface area contributed by atoms with Gasteiger partial charge in [-0.2, -0.15) is 5.10 Å². The fraction of sp³-hybridized carbons (Fsp3) is 0.0667. The molecular weight excluding hydrogens is 360 g/mol. The van der Waals surface area contributed by atoms with Gasteiger partial charge in [0.2, 0.25) is 0 Å². The van der Waals surface area contributed by atoms with E-state index in [4.69, 9.17) is 5.73 Å². The van der Waals surface area contributed by atoms with Gasteiger partial charge in [-0.3, -0.25) is 9.48 Å². The van der Waals surface area contributed by atoms with E-state index in [2.05, 4.69) is 36.3 Å². The minimum Gasteiger partial charge on any atom is -0.382 e. The molecule has 0 radical (unpaired) electrons. The molecule has 2 aromatic heterocycles. The largest absolute Gasteiger partial charge is 0.382 e. The van der Waals surface area contributed by atoms with Crippen LogP contribution in [0.1, 0.15) is 16.1 Å². The molecule has 7 nitrogen and oxygen atoms in total. The van der Waals surface area contributed by atoms with Crippen molar-refractivity contribution >= 4 is 33.3 Å². The Labute approximate surface area is 140 Å². The summed E-state index contributed by atoms with van der Waals surface area (Å²) in [7, 11) is 0. The first-order chi connectivity index (χ1) is 11.1. The lowest BCUT2D eigenvalue weighted by atomic mass is 10.2. The molecule has 0 aliphatic carbocycles. The zero-order valence-corrected chi connectivity index (χ0v) is 13.6. The molecule has 0 atom stereocenters. The number of aromatic nitrogens is 4. The van der Waals surface area contributed by atoms with Crippen molar-refractivity contribution in [3.05, 3.63) is 64.8 Å². The summed E-state index contributed by atoms with van der Waals surface area (Å²) in [4.78, 5) is 19.9. The Bertz CT molecular complexity index is 847. The minimum atomic E-state index is -0.419. The summed E-state index contributed by atoms with van der Waals surface area (Å²) in [5.74, 6) is -0.330. The monoisotopic (exact) mass is 372 g/mol. The third kappa shape index (κ3) is 3.72. The van der Waals surface area contributed by atoms with Crippen LogP contribution in [0, 0.1) is 0 Å². The Morgan fingerprint density at radius 1 is 1.30 bits per heavy atom. The highest BCUT2D eigenvalue weighted by Crippen LogP contribution is 2.14. The number of nitrogens with two attached hydrogens (primary N) is 1. The van der Waals surface area contributed by atoms with E-state index in [1.807, 2.05) is 24.3 Å². The van der Waals surface area contributed by atoms with Gasteiger partial charge in [0, 0.05) is 23.1 Å². The molecule has 0 aliphatic rings. The number of carbonyl (C=O) groups is 1. The SMILES string of the molecule is Nc1nccnc1C(=O)Nc1cnn(Cc2cccc(Br)c2)c1. The second-order valence-corrected chi connectivity index (χ2v) is 5.72. The van der Waals surface area contributed by atoms with Crippen LogP contribution >= 0.6 is 15.9 Å². The van der Waals surface area contributed by atoms with Crippen LogP contribution in [0.3, 0.4) is 0 Å². The molecule has 2 heterocycles. The fourth-order valence-corrected chi connectivity index (χ4v) is 2.50. The Morgan fingerprint density at radius 2 is 2.13 bits per heavy atom. The van der Waals surface area contributed by atoms with Crippen LogP contribution in [-0.4, -0.2) is 25.7 Å². The van der Waals surface area contributed by atoms with Crippen LogP contribution in [0.4, 0.5) is 11.5 Å². The highest BCUT2D eigenvalue weighted by atomic mass is 79.9. The van der Waals surface area contributed by atoms with Crippen molar-refractivity contribution in [2.75, 3.05) is 11.1 Å². The standard InChI is InChI=1S/C15H13BrN6O/c16-11-3-1-2-10(6-11)8-22-9-12(7-20-22)21-15(23)13-14(17)19-5-4-18-13/h1-7,9H,8H2,(H2,17,19)(H,21,23). The lowest BCUT2D eigenvalue weighted by Crippen LogP contribution is -2.16. The molecule has 0 aliphatic heterocycles. The second-order valence-electron chi connectivity index (χ2n) is 4.80. The van der Waals surface area contributed by atoms with Crippen molar-refractivity contribution in [2.45, 2.75) is 6.54 Å². The number of hydrogen-bond donors (Lipinski definition) is 2. The Kier molecular flexibility index (Phi) is 4.33. The highest BCUT2D eigenvalue weighted by Gasteiger charge is 2.13. The van der Waals surface area contributed by atoms with E-state index in [0.717, 1.165) is 10.0 Å². The first kappa shape index (κ1) is 15.2. The van der Waals surface area contributed by atoms with Gasteiger partial charge in [0.25, 0.3) is 5.91 Å². The van der Waals surface area contributed by atoms with E-state index in [1.54, 1.807) is 17.1 Å². The van der Waals surface area contributed by atoms with Crippen LogP contribution < -0.4 is 11.1 Å². The van der Waals surface area contributed by atoms with Crippen molar-refractivity contribution in [2.24, 2.45) is 0 Å². The van der Waals surface area contributed by atoms with Crippen molar-refractivity contribution in [1.82, 2.24) is 19.7 Å². The molecule has 23 heavy (non-hydrogen) atoms. The molecule has 0 unspecified atom stereocenters. The molecule has 1 amide bonds. The van der Waals surface area contributed by atoms with Gasteiger partial charge in [0.15, 0.2) is 11.5 Å². The van der Waals surface area contributed by atoms with Crippen molar-refractivity contribution in [3.63, 3.8) is 0 Å². The molecule has 0 fully saturated rings. The number of nitrogens with one attached hydrogen (secondary N) is 1. The topological polar surface area (TPSA) is 98.7 Å². The van der Waals surface area contributed by atoms with Crippen LogP contribution in [0.5, 0.6) is 0 Å². The van der Waals surface area contributed by atoms with Gasteiger partial charge in [0.05, 0.1) is 18.4 Å². The number of halogens is 1. The summed E-state index contributed by atoms with van der Waals surface area (Å²) in [5, 5.41) is 6.93. The number of nitrogen functional groups attached to an aromatic ring is 1. The lowest BCUT2D eigenvalue weighted by Gasteiger charge is -2.04. The Balaban J connectivity index is 1.70. The van der Waals surface area contributed by atoms with E-state index >= 15 is 0 Å². The van der Waals surface area contributed by atoms with Crippen LogP contribution in [0.15, 0.2) is 53.5 Å². The zero-order chi connectivity index (χ0) is 16.2. The molecule has 3 aromatic rings. The van der Waals surface area contributed by atoms with Crippen molar-refractivity contribution < 1.29 is 4.79 Å². The predicted molar refractivity (Wildman–Crippen MR) is 89.9 cm³/mol. The number of hydrogen-bond acceptors (Lipinski definition) is 5. The zero-order valence-electron chi connectivity index (χ0n) is 12.0. The Hall–Kier alpha value is -2.74. The van der Waals surface area contributed by atoms with Crippen LogP contribution in [0.25, 0.3) is 0 Å². The molecule has 0 saturated heterocycles. The van der Waals surface area contributed by atoms with Gasteiger partial charge in [0.1, 0.15) is 0 Å². The average molecular weight is 373 g/mol. The molecule has 116 valence electrons. The Morgan fingerprint density at radius 3 is 2.91 bits per heavy atom. The summed E-state index contributed by atoms with van der Waals surface area (Å²) in [6.45, 7) is 0.600. The quantitative estimate of drug-likeness (QED) is 0.731. The van der Waals surface area contributed by atoms with Crippen molar-refractivity contribution in [3.8, 4) is 0 Å². The fourth-order valence-electron chi connectivity index (χ4n) is 2.05. The summed E-state index contributed by atoms with van der Waals surface area (Å²) >= 11 is 3.43. The maximum Gasteiger partial charge on any atom is 0.278 e. The van der Waals surface area contributed by atoms with Gasteiger partial charge in [-0.15, -0.1) is 0 Å². The van der Waals surface area contributed by atoms with Gasteiger partial charge in [-0.05, 0) is 17.7 Å². The molecule has 0 bridgehead atoms. The van der Waals surface area contributed by atoms with E-state index < -0.39 is 5.91 Å². The van der Waals surface area contributed by atoms with Gasteiger partial charge < -0.3 is 11.1 Å². The number of carbonyl (C=O) groups excluding carboxylic acids is 1. The molecule has 8 heteroatoms. The van der Waals surface area contributed by atoms with E-state index in [-0.39, 0.29) is 11.5 Å². The maximum absolute atomic E-state index is 12.1. The second kappa shape index (κ2) is 6.57. The summed E-state index contributed by atoms with van der Waals surface area (Å²) < 4.78 is 2.74. The molecule has 3 rings (SSSR count). The lowest BCUT2D eigenvalue weighted by molar-refractivity contribution is 0.102. The number of benzene rings is 1. The number of nitrogens with zero attached hydrogens (tertiary/aromatic N) is 4. The maximum atomic E-state index is 12.1. The summed E-state index contributed by atoms with van der Waals surface area (Å²) in [6, 6.07) is 7.94. The third-order valence-electron chi connectivity index (χ3n) is 3.07.